The van der Waals surface area contributed by atoms with Gasteiger partial charge in [0, 0.05) is 35.5 Å². The Balaban J connectivity index is 1.61. The van der Waals surface area contributed by atoms with Crippen LogP contribution >= 0.6 is 15.9 Å². The molecule has 0 saturated carbocycles. The fraction of sp³-hybridized carbons (Fsp3) is 0.333. The van der Waals surface area contributed by atoms with Crippen molar-refractivity contribution in [3.63, 3.8) is 0 Å². The number of benzene rings is 2. The number of nitrogens with zero attached hydrogens (tertiary/aromatic N) is 1. The van der Waals surface area contributed by atoms with E-state index in [1.807, 2.05) is 24.3 Å². The highest BCUT2D eigenvalue weighted by Gasteiger charge is 2.32. The summed E-state index contributed by atoms with van der Waals surface area (Å²) in [6.45, 7) is 0.615. The third-order valence-electron chi connectivity index (χ3n) is 4.84. The van der Waals surface area contributed by atoms with Gasteiger partial charge in [-0.05, 0) is 54.8 Å². The minimum atomic E-state index is -4.40. The lowest BCUT2D eigenvalue weighted by atomic mass is 9.90. The van der Waals surface area contributed by atoms with Crippen molar-refractivity contribution < 1.29 is 22.8 Å². The normalized spacial score (nSPS) is 17.6. The zero-order valence-corrected chi connectivity index (χ0v) is 16.6. The predicted molar refractivity (Wildman–Crippen MR) is 104 cm³/mol. The van der Waals surface area contributed by atoms with Crippen LogP contribution in [0.1, 0.15) is 30.4 Å². The molecule has 2 aromatic rings. The van der Waals surface area contributed by atoms with Crippen molar-refractivity contribution in [1.82, 2.24) is 0 Å². The van der Waals surface area contributed by atoms with Gasteiger partial charge in [-0.25, -0.2) is 0 Å². The van der Waals surface area contributed by atoms with Crippen molar-refractivity contribution >= 4 is 33.3 Å². The summed E-state index contributed by atoms with van der Waals surface area (Å²) in [6.07, 6.45) is -2.81. The van der Waals surface area contributed by atoms with Gasteiger partial charge in [0.1, 0.15) is 5.78 Å². The second kappa shape index (κ2) is 8.47. The van der Waals surface area contributed by atoms with Crippen molar-refractivity contribution in [2.24, 2.45) is 5.92 Å². The maximum Gasteiger partial charge on any atom is 0.416 e. The highest BCUT2D eigenvalue weighted by molar-refractivity contribution is 9.10. The number of hydrogen-bond donors (Lipinski definition) is 0. The lowest BCUT2D eigenvalue weighted by Gasteiger charge is -2.32. The number of rotatable bonds is 5. The number of alkyl halides is 3. The van der Waals surface area contributed by atoms with Crippen LogP contribution in [0.2, 0.25) is 0 Å². The number of carbonyl (C=O) groups is 2. The summed E-state index contributed by atoms with van der Waals surface area (Å²) in [6, 6.07) is 12.0. The van der Waals surface area contributed by atoms with Crippen LogP contribution in [0.4, 0.5) is 18.9 Å². The molecule has 3 rings (SSSR count). The summed E-state index contributed by atoms with van der Waals surface area (Å²) in [5.74, 6) is -0.607. The summed E-state index contributed by atoms with van der Waals surface area (Å²) in [7, 11) is 0. The molecule has 0 bridgehead atoms. The number of Topliss-reactive ketones (excluding diaryl/α,β-unsaturated/α-hetero) is 1. The van der Waals surface area contributed by atoms with E-state index in [1.54, 1.807) is 4.90 Å². The van der Waals surface area contributed by atoms with E-state index in [2.05, 4.69) is 15.9 Å². The summed E-state index contributed by atoms with van der Waals surface area (Å²) in [4.78, 5) is 26.9. The molecule has 2 aromatic carbocycles. The van der Waals surface area contributed by atoms with Gasteiger partial charge in [0.25, 0.3) is 0 Å². The Labute approximate surface area is 169 Å². The maximum absolute atomic E-state index is 12.8. The van der Waals surface area contributed by atoms with E-state index in [4.69, 9.17) is 0 Å². The highest BCUT2D eigenvalue weighted by atomic mass is 79.9. The average molecular weight is 454 g/mol. The van der Waals surface area contributed by atoms with Crippen molar-refractivity contribution in [2.45, 2.75) is 31.9 Å². The molecule has 1 aliphatic rings. The van der Waals surface area contributed by atoms with Crippen molar-refractivity contribution in [1.29, 1.82) is 0 Å². The van der Waals surface area contributed by atoms with Crippen LogP contribution in [0.3, 0.4) is 0 Å². The highest BCUT2D eigenvalue weighted by Crippen LogP contribution is 2.30. The molecule has 1 fully saturated rings. The number of amides is 1. The molecular weight excluding hydrogens is 435 g/mol. The smallest absolute Gasteiger partial charge is 0.312 e. The van der Waals surface area contributed by atoms with Crippen LogP contribution in [0, 0.1) is 5.92 Å². The summed E-state index contributed by atoms with van der Waals surface area (Å²) < 4.78 is 38.8. The largest absolute Gasteiger partial charge is 0.416 e. The van der Waals surface area contributed by atoms with E-state index in [1.165, 1.54) is 12.1 Å². The van der Waals surface area contributed by atoms with Gasteiger partial charge in [0.05, 0.1) is 5.56 Å². The van der Waals surface area contributed by atoms with E-state index in [9.17, 15) is 22.8 Å². The average Bonchev–Trinajstić information content (AvgIpc) is 2.64. The number of ketones is 1. The van der Waals surface area contributed by atoms with E-state index in [-0.39, 0.29) is 30.4 Å². The van der Waals surface area contributed by atoms with Gasteiger partial charge >= 0.3 is 6.18 Å². The minimum absolute atomic E-state index is 0.0280. The van der Waals surface area contributed by atoms with Gasteiger partial charge in [-0.3, -0.25) is 9.59 Å². The third-order valence-corrected chi connectivity index (χ3v) is 5.37. The monoisotopic (exact) mass is 453 g/mol. The molecule has 1 heterocycles. The quantitative estimate of drug-likeness (QED) is 0.606. The summed E-state index contributed by atoms with van der Waals surface area (Å²) in [5.41, 5.74) is 0.579. The second-order valence-electron chi connectivity index (χ2n) is 6.92. The number of piperidine rings is 1. The molecule has 1 saturated heterocycles. The molecule has 0 aromatic heterocycles. The maximum atomic E-state index is 12.8. The van der Waals surface area contributed by atoms with Crippen molar-refractivity contribution in [3.8, 4) is 0 Å². The molecule has 1 aliphatic heterocycles. The van der Waals surface area contributed by atoms with Crippen LogP contribution in [-0.4, -0.2) is 18.2 Å². The van der Waals surface area contributed by atoms with Crippen LogP contribution < -0.4 is 4.90 Å². The SMILES string of the molecule is O=C(Cc1ccc(C(F)(F)F)cc1)C[C@H]1CCCN(c2ccc(Br)cc2)C1=O. The van der Waals surface area contributed by atoms with Crippen LogP contribution in [0.15, 0.2) is 53.0 Å². The first kappa shape index (κ1) is 20.6. The molecule has 148 valence electrons. The Bertz CT molecular complexity index is 847. The van der Waals surface area contributed by atoms with Gasteiger partial charge in [-0.15, -0.1) is 0 Å². The Morgan fingerprint density at radius 2 is 1.71 bits per heavy atom. The fourth-order valence-corrected chi connectivity index (χ4v) is 3.67. The lowest BCUT2D eigenvalue weighted by molar-refractivity contribution is -0.137. The summed E-state index contributed by atoms with van der Waals surface area (Å²) in [5, 5.41) is 0. The molecule has 3 nitrogen and oxygen atoms in total. The predicted octanol–water partition coefficient (Wildman–Crippen LogP) is 5.41. The van der Waals surface area contributed by atoms with Crippen LogP contribution in [-0.2, 0) is 22.2 Å². The molecule has 0 aliphatic carbocycles. The Morgan fingerprint density at radius 1 is 1.07 bits per heavy atom. The van der Waals surface area contributed by atoms with Crippen molar-refractivity contribution in [3.05, 3.63) is 64.1 Å². The Hall–Kier alpha value is -2.15. The first-order valence-electron chi connectivity index (χ1n) is 8.99. The van der Waals surface area contributed by atoms with Crippen LogP contribution in [0.5, 0.6) is 0 Å². The zero-order chi connectivity index (χ0) is 20.3. The molecule has 1 amide bonds. The number of anilines is 1. The Kier molecular flexibility index (Phi) is 6.23. The first-order valence-corrected chi connectivity index (χ1v) is 9.78. The minimum Gasteiger partial charge on any atom is -0.312 e. The molecule has 0 spiro atoms. The number of hydrogen-bond acceptors (Lipinski definition) is 2. The van der Waals surface area contributed by atoms with Crippen LogP contribution in [0.25, 0.3) is 0 Å². The van der Waals surface area contributed by atoms with E-state index in [0.717, 1.165) is 28.7 Å². The third kappa shape index (κ3) is 5.01. The van der Waals surface area contributed by atoms with Gasteiger partial charge in [-0.2, -0.15) is 13.2 Å². The molecule has 28 heavy (non-hydrogen) atoms. The van der Waals surface area contributed by atoms with Gasteiger partial charge in [-0.1, -0.05) is 28.1 Å². The molecular formula is C21H19BrF3NO2. The number of halogens is 4. The van der Waals surface area contributed by atoms with Crippen molar-refractivity contribution in [2.75, 3.05) is 11.4 Å². The lowest BCUT2D eigenvalue weighted by Crippen LogP contribution is -2.42. The molecule has 0 radical (unpaired) electrons. The molecule has 0 N–H and O–H groups in total. The zero-order valence-electron chi connectivity index (χ0n) is 15.0. The summed E-state index contributed by atoms with van der Waals surface area (Å²) >= 11 is 3.37. The molecule has 7 heteroatoms. The van der Waals surface area contributed by atoms with E-state index in [0.29, 0.717) is 18.5 Å². The van der Waals surface area contributed by atoms with Gasteiger partial charge in [0.2, 0.25) is 5.91 Å². The van der Waals surface area contributed by atoms with Gasteiger partial charge in [0.15, 0.2) is 0 Å². The first-order chi connectivity index (χ1) is 13.2. The molecule has 1 atom stereocenters. The number of carbonyl (C=O) groups excluding carboxylic acids is 2. The Morgan fingerprint density at radius 3 is 2.32 bits per heavy atom. The fourth-order valence-electron chi connectivity index (χ4n) is 3.40. The van der Waals surface area contributed by atoms with Gasteiger partial charge < -0.3 is 4.90 Å². The van der Waals surface area contributed by atoms with E-state index < -0.39 is 11.7 Å². The topological polar surface area (TPSA) is 37.4 Å². The second-order valence-corrected chi connectivity index (χ2v) is 7.84. The molecule has 0 unspecified atom stereocenters. The van der Waals surface area contributed by atoms with E-state index >= 15 is 0 Å². The standard InChI is InChI=1S/C21H19BrF3NO2/c22-17-7-9-18(10-8-17)26-11-1-2-15(20(26)28)13-19(27)12-14-3-5-16(6-4-14)21(23,24)25/h3-10,15H,1-2,11-13H2/t15-/m1/s1.